The third-order valence-electron chi connectivity index (χ3n) is 5.04. The van der Waals surface area contributed by atoms with E-state index in [0.717, 1.165) is 17.3 Å². The number of fused-ring (bicyclic) bond motifs is 1. The number of ether oxygens (including phenoxy) is 1. The van der Waals surface area contributed by atoms with Crippen molar-refractivity contribution < 1.29 is 36.6 Å². The number of aliphatic hydroxyl groups is 1. The van der Waals surface area contributed by atoms with E-state index in [1.807, 2.05) is 4.72 Å². The van der Waals surface area contributed by atoms with Gasteiger partial charge in [0, 0.05) is 12.3 Å². The van der Waals surface area contributed by atoms with E-state index < -0.39 is 52.2 Å². The Hall–Kier alpha value is -3.28. The first-order valence-corrected chi connectivity index (χ1v) is 13.3. The van der Waals surface area contributed by atoms with Crippen LogP contribution in [0.25, 0.3) is 11.5 Å². The van der Waals surface area contributed by atoms with Gasteiger partial charge in [0.15, 0.2) is 10.7 Å². The minimum absolute atomic E-state index is 0.00501. The first-order valence-electron chi connectivity index (χ1n) is 10.8. The molecule has 0 radical (unpaired) electrons. The summed E-state index contributed by atoms with van der Waals surface area (Å²) in [5.74, 6) is -1.29. The maximum Gasteiger partial charge on any atom is 0.442 e. The van der Waals surface area contributed by atoms with Crippen molar-refractivity contribution in [1.82, 2.24) is 29.5 Å². The molecule has 3 aromatic rings. The summed E-state index contributed by atoms with van der Waals surface area (Å²) in [5, 5.41) is 21.7. The van der Waals surface area contributed by atoms with Crippen LogP contribution in [0.1, 0.15) is 37.9 Å². The molecule has 0 saturated carbocycles. The zero-order chi connectivity index (χ0) is 27.0. The van der Waals surface area contributed by atoms with E-state index in [4.69, 9.17) is 13.9 Å². The lowest BCUT2D eigenvalue weighted by molar-refractivity contribution is 0.0569. The predicted molar refractivity (Wildman–Crippen MR) is 125 cm³/mol. The number of aromatic nitrogens is 4. The standard InChI is InChI=1S/C20H23FN6O8S2/c1-20(2,3)33-18(29)26-37(31,32)22-8-12(28)9-36-17-15(23-35-25-17)16-24-34-19(30)27(16)14-6-10-4-5-11(21)7-13(10)14/h4-5,7,12,14,22,28H,6,8-9H2,1-3H3,(H,26,29). The van der Waals surface area contributed by atoms with Crippen molar-refractivity contribution in [3.05, 3.63) is 45.7 Å². The largest absolute Gasteiger partial charge is 0.443 e. The number of nitrogens with one attached hydrogen (secondary N) is 2. The maximum atomic E-state index is 13.7. The first-order chi connectivity index (χ1) is 17.3. The van der Waals surface area contributed by atoms with Crippen molar-refractivity contribution in [3.63, 3.8) is 0 Å². The molecule has 3 N–H and O–H groups in total. The van der Waals surface area contributed by atoms with Crippen LogP contribution in [-0.4, -0.2) is 63.7 Å². The van der Waals surface area contributed by atoms with Gasteiger partial charge < -0.3 is 9.84 Å². The molecule has 200 valence electrons. The number of carbonyl (C=O) groups excluding carboxylic acids is 1. The number of hydrogen-bond acceptors (Lipinski definition) is 12. The molecule has 14 nitrogen and oxygen atoms in total. The molecule has 2 aromatic heterocycles. The third-order valence-corrected chi connectivity index (χ3v) is 7.11. The zero-order valence-electron chi connectivity index (χ0n) is 19.8. The molecule has 4 rings (SSSR count). The smallest absolute Gasteiger partial charge is 0.442 e. The molecule has 1 aromatic carbocycles. The number of amides is 1. The molecule has 1 aliphatic rings. The van der Waals surface area contributed by atoms with Gasteiger partial charge in [0.2, 0.25) is 5.82 Å². The van der Waals surface area contributed by atoms with Crippen LogP contribution in [-0.2, 0) is 21.4 Å². The van der Waals surface area contributed by atoms with Crippen molar-refractivity contribution in [2.24, 2.45) is 0 Å². The Morgan fingerprint density at radius 2 is 2.11 bits per heavy atom. The lowest BCUT2D eigenvalue weighted by atomic mass is 9.83. The summed E-state index contributed by atoms with van der Waals surface area (Å²) in [6, 6.07) is 3.78. The van der Waals surface area contributed by atoms with Gasteiger partial charge in [-0.3, -0.25) is 4.52 Å². The molecule has 0 fully saturated rings. The van der Waals surface area contributed by atoms with Gasteiger partial charge in [0.25, 0.3) is 0 Å². The van der Waals surface area contributed by atoms with Gasteiger partial charge in [-0.25, -0.2) is 27.9 Å². The summed E-state index contributed by atoms with van der Waals surface area (Å²) in [6.07, 6.45) is -1.93. The fourth-order valence-electron chi connectivity index (χ4n) is 3.46. The van der Waals surface area contributed by atoms with Crippen LogP contribution in [0.2, 0.25) is 0 Å². The average Bonchev–Trinajstić information content (AvgIpc) is 3.38. The molecular weight excluding hydrogens is 535 g/mol. The summed E-state index contributed by atoms with van der Waals surface area (Å²) < 4.78 is 57.1. The highest BCUT2D eigenvalue weighted by atomic mass is 32.2. The monoisotopic (exact) mass is 558 g/mol. The van der Waals surface area contributed by atoms with Crippen LogP contribution >= 0.6 is 11.8 Å². The van der Waals surface area contributed by atoms with Crippen molar-refractivity contribution in [1.29, 1.82) is 0 Å². The number of nitrogens with zero attached hydrogens (tertiary/aromatic N) is 4. The number of halogens is 1. The lowest BCUT2D eigenvalue weighted by Crippen LogP contribution is -2.45. The number of rotatable bonds is 9. The van der Waals surface area contributed by atoms with E-state index >= 15 is 0 Å². The molecule has 17 heteroatoms. The van der Waals surface area contributed by atoms with Crippen LogP contribution in [0, 0.1) is 5.82 Å². The SMILES string of the molecule is CC(C)(C)OC(=O)NS(=O)(=O)NCC(O)CSc1nonc1-c1noc(=O)n1C1Cc2ccc(F)cc21. The predicted octanol–water partition coefficient (Wildman–Crippen LogP) is 0.983. The molecule has 2 heterocycles. The molecule has 2 unspecified atom stereocenters. The molecule has 0 aliphatic heterocycles. The molecule has 0 saturated heterocycles. The number of aliphatic hydroxyl groups excluding tert-OH is 1. The molecule has 2 atom stereocenters. The van der Waals surface area contributed by atoms with Gasteiger partial charge in [0.05, 0.1) is 12.1 Å². The van der Waals surface area contributed by atoms with E-state index in [9.17, 15) is 27.5 Å². The Morgan fingerprint density at radius 1 is 1.35 bits per heavy atom. The van der Waals surface area contributed by atoms with Crippen molar-refractivity contribution in [3.8, 4) is 11.5 Å². The van der Waals surface area contributed by atoms with Gasteiger partial charge in [-0.1, -0.05) is 23.0 Å². The van der Waals surface area contributed by atoms with Gasteiger partial charge in [-0.2, -0.15) is 13.1 Å². The van der Waals surface area contributed by atoms with E-state index in [0.29, 0.717) is 12.0 Å². The second-order valence-corrected chi connectivity index (χ2v) is 11.6. The average molecular weight is 559 g/mol. The minimum atomic E-state index is -4.29. The number of thioether (sulfide) groups is 1. The molecular formula is C20H23FN6O8S2. The fraction of sp³-hybridized carbons (Fsp3) is 0.450. The normalized spacial score (nSPS) is 16.1. The van der Waals surface area contributed by atoms with Gasteiger partial charge >= 0.3 is 22.1 Å². The second-order valence-electron chi connectivity index (χ2n) is 9.04. The maximum absolute atomic E-state index is 13.7. The van der Waals surface area contributed by atoms with Crippen LogP contribution in [0.3, 0.4) is 0 Å². The van der Waals surface area contributed by atoms with Gasteiger partial charge in [-0.05, 0) is 60.8 Å². The lowest BCUT2D eigenvalue weighted by Gasteiger charge is -2.30. The molecule has 0 bridgehead atoms. The summed E-state index contributed by atoms with van der Waals surface area (Å²) >= 11 is 0.951. The summed E-state index contributed by atoms with van der Waals surface area (Å²) in [5.41, 5.74) is 0.650. The van der Waals surface area contributed by atoms with E-state index in [2.05, 4.69) is 15.5 Å². The Kier molecular flexibility index (Phi) is 7.40. The fourth-order valence-corrected chi connectivity index (χ4v) is 5.03. The first kappa shape index (κ1) is 26.8. The molecule has 37 heavy (non-hydrogen) atoms. The Labute approximate surface area is 213 Å². The van der Waals surface area contributed by atoms with Gasteiger partial charge in [-0.15, -0.1) is 0 Å². The van der Waals surface area contributed by atoms with Crippen molar-refractivity contribution >= 4 is 28.1 Å². The topological polar surface area (TPSA) is 192 Å². The van der Waals surface area contributed by atoms with Crippen molar-refractivity contribution in [2.75, 3.05) is 12.3 Å². The van der Waals surface area contributed by atoms with Gasteiger partial charge in [0.1, 0.15) is 11.4 Å². The Bertz CT molecular complexity index is 1460. The highest BCUT2D eigenvalue weighted by Gasteiger charge is 2.34. The Balaban J connectivity index is 1.39. The number of hydrogen-bond donors (Lipinski definition) is 3. The quantitative estimate of drug-likeness (QED) is 0.316. The number of benzene rings is 1. The molecule has 1 amide bonds. The van der Waals surface area contributed by atoms with Crippen LogP contribution in [0.5, 0.6) is 0 Å². The summed E-state index contributed by atoms with van der Waals surface area (Å²) in [7, 11) is -4.29. The summed E-state index contributed by atoms with van der Waals surface area (Å²) in [6.45, 7) is 4.28. The second kappa shape index (κ2) is 10.2. The van der Waals surface area contributed by atoms with E-state index in [-0.39, 0.29) is 22.3 Å². The van der Waals surface area contributed by atoms with Crippen LogP contribution < -0.4 is 15.2 Å². The van der Waals surface area contributed by atoms with Crippen molar-refractivity contribution in [2.45, 2.75) is 50.0 Å². The number of carbonyl (C=O) groups is 1. The highest BCUT2D eigenvalue weighted by Crippen LogP contribution is 2.38. The minimum Gasteiger partial charge on any atom is -0.443 e. The Morgan fingerprint density at radius 3 is 2.84 bits per heavy atom. The molecule has 0 spiro atoms. The van der Waals surface area contributed by atoms with Crippen LogP contribution in [0.15, 0.2) is 37.2 Å². The van der Waals surface area contributed by atoms with Crippen LogP contribution in [0.4, 0.5) is 9.18 Å². The summed E-state index contributed by atoms with van der Waals surface area (Å²) in [4.78, 5) is 24.0. The highest BCUT2D eigenvalue weighted by molar-refractivity contribution is 7.99. The zero-order valence-corrected chi connectivity index (χ0v) is 21.4. The third kappa shape index (κ3) is 6.35. The van der Waals surface area contributed by atoms with E-state index in [1.54, 1.807) is 31.6 Å². The van der Waals surface area contributed by atoms with E-state index in [1.165, 1.54) is 16.7 Å². The molecule has 1 aliphatic carbocycles.